The van der Waals surface area contributed by atoms with Crippen molar-refractivity contribution in [3.63, 3.8) is 0 Å². The van der Waals surface area contributed by atoms with Crippen molar-refractivity contribution < 1.29 is 10.2 Å². The molecule has 1 aliphatic heterocycles. The maximum Gasteiger partial charge on any atom is 0.226 e. The standard InChI is InChI=1S/C15H20ClN5O2S/c1-7-10(22)11(23)14(24-7)21-6-17-9-12(18-8-4-2-3-5-8)19-15(16)20-13(9)21/h6-8,10-11,14,22-23H,2-5H2,1H3,(H,18,19,20)/t7-,10+,11+,14+/m0/s1. The molecule has 2 aromatic rings. The van der Waals surface area contributed by atoms with Crippen molar-refractivity contribution >= 4 is 40.3 Å². The molecule has 2 aromatic heterocycles. The number of hydrogen-bond donors (Lipinski definition) is 3. The fourth-order valence-corrected chi connectivity index (χ4v) is 5.03. The second-order valence-electron chi connectivity index (χ2n) is 6.50. The summed E-state index contributed by atoms with van der Waals surface area (Å²) in [4.78, 5) is 13.1. The zero-order chi connectivity index (χ0) is 16.8. The molecule has 0 aromatic carbocycles. The SMILES string of the molecule is C[C@@H]1S[C@@H](n2cnc3c(NC4CCCC4)nc(Cl)nc32)[C@H](O)[C@@H]1O. The Kier molecular flexibility index (Phi) is 4.32. The van der Waals surface area contributed by atoms with E-state index < -0.39 is 12.2 Å². The number of aliphatic hydroxyl groups is 2. The lowest BCUT2D eigenvalue weighted by Gasteiger charge is -2.17. The summed E-state index contributed by atoms with van der Waals surface area (Å²) in [6.45, 7) is 1.90. The number of aromatic nitrogens is 4. The molecule has 3 heterocycles. The second-order valence-corrected chi connectivity index (χ2v) is 8.34. The van der Waals surface area contributed by atoms with Gasteiger partial charge in [0.25, 0.3) is 0 Å². The highest BCUT2D eigenvalue weighted by atomic mass is 35.5. The zero-order valence-electron chi connectivity index (χ0n) is 13.3. The van der Waals surface area contributed by atoms with Gasteiger partial charge in [-0.05, 0) is 24.4 Å². The largest absolute Gasteiger partial charge is 0.389 e. The zero-order valence-corrected chi connectivity index (χ0v) is 14.8. The highest BCUT2D eigenvalue weighted by Gasteiger charge is 2.41. The van der Waals surface area contributed by atoms with E-state index in [1.54, 1.807) is 10.9 Å². The summed E-state index contributed by atoms with van der Waals surface area (Å²) in [5.41, 5.74) is 1.22. The molecule has 4 rings (SSSR count). The van der Waals surface area contributed by atoms with Gasteiger partial charge in [0.05, 0.1) is 12.4 Å². The van der Waals surface area contributed by atoms with Crippen LogP contribution in [-0.2, 0) is 0 Å². The van der Waals surface area contributed by atoms with Gasteiger partial charge in [0, 0.05) is 11.3 Å². The normalized spacial score (nSPS) is 31.2. The first-order valence-corrected chi connectivity index (χ1v) is 9.55. The molecule has 4 atom stereocenters. The first-order valence-electron chi connectivity index (χ1n) is 8.23. The number of nitrogens with zero attached hydrogens (tertiary/aromatic N) is 4. The van der Waals surface area contributed by atoms with Gasteiger partial charge in [-0.3, -0.25) is 4.57 Å². The van der Waals surface area contributed by atoms with Crippen LogP contribution in [-0.4, -0.2) is 53.2 Å². The summed E-state index contributed by atoms with van der Waals surface area (Å²) < 4.78 is 1.78. The van der Waals surface area contributed by atoms with Crippen LogP contribution in [0.5, 0.6) is 0 Å². The van der Waals surface area contributed by atoms with Gasteiger partial charge in [0.1, 0.15) is 11.5 Å². The number of rotatable bonds is 3. The van der Waals surface area contributed by atoms with Gasteiger partial charge in [-0.2, -0.15) is 9.97 Å². The van der Waals surface area contributed by atoms with Crippen LogP contribution in [0.1, 0.15) is 38.0 Å². The van der Waals surface area contributed by atoms with Gasteiger partial charge in [-0.25, -0.2) is 4.98 Å². The molecule has 0 spiro atoms. The van der Waals surface area contributed by atoms with Gasteiger partial charge < -0.3 is 15.5 Å². The average molecular weight is 370 g/mol. The van der Waals surface area contributed by atoms with Gasteiger partial charge in [0.15, 0.2) is 17.0 Å². The molecule has 24 heavy (non-hydrogen) atoms. The average Bonchev–Trinajstić information content (AvgIpc) is 3.25. The van der Waals surface area contributed by atoms with E-state index in [2.05, 4.69) is 20.3 Å². The fraction of sp³-hybridized carbons (Fsp3) is 0.667. The number of imidazole rings is 1. The number of anilines is 1. The van der Waals surface area contributed by atoms with E-state index in [0.717, 1.165) is 12.8 Å². The number of fused-ring (bicyclic) bond motifs is 1. The topological polar surface area (TPSA) is 96.1 Å². The van der Waals surface area contributed by atoms with E-state index in [1.165, 1.54) is 24.6 Å². The van der Waals surface area contributed by atoms with Crippen molar-refractivity contribution in [3.05, 3.63) is 11.6 Å². The van der Waals surface area contributed by atoms with E-state index >= 15 is 0 Å². The highest BCUT2D eigenvalue weighted by Crippen LogP contribution is 2.43. The molecule has 1 saturated carbocycles. The first-order chi connectivity index (χ1) is 11.5. The molecule has 1 saturated heterocycles. The second kappa shape index (κ2) is 6.33. The van der Waals surface area contributed by atoms with Crippen LogP contribution < -0.4 is 5.32 Å². The number of nitrogens with one attached hydrogen (secondary N) is 1. The Balaban J connectivity index is 1.72. The van der Waals surface area contributed by atoms with Crippen LogP contribution >= 0.6 is 23.4 Å². The lowest BCUT2D eigenvalue weighted by atomic mass is 10.1. The molecule has 1 aliphatic carbocycles. The van der Waals surface area contributed by atoms with Gasteiger partial charge in [0.2, 0.25) is 5.28 Å². The third kappa shape index (κ3) is 2.75. The minimum absolute atomic E-state index is 0.0594. The number of halogens is 1. The molecule has 2 aliphatic rings. The minimum atomic E-state index is -0.873. The Hall–Kier alpha value is -1.09. The van der Waals surface area contributed by atoms with E-state index in [4.69, 9.17) is 11.6 Å². The molecule has 130 valence electrons. The molecule has 7 nitrogen and oxygen atoms in total. The molecule has 2 fully saturated rings. The van der Waals surface area contributed by atoms with Crippen LogP contribution in [0.3, 0.4) is 0 Å². The Labute approximate surface area is 148 Å². The summed E-state index contributed by atoms with van der Waals surface area (Å²) in [7, 11) is 0. The van der Waals surface area contributed by atoms with Crippen molar-refractivity contribution in [1.82, 2.24) is 19.5 Å². The Morgan fingerprint density at radius 3 is 2.67 bits per heavy atom. The van der Waals surface area contributed by atoms with Crippen LogP contribution in [0.4, 0.5) is 5.82 Å². The maximum atomic E-state index is 10.3. The molecule has 0 bridgehead atoms. The number of thioether (sulfide) groups is 1. The molecule has 0 unspecified atom stereocenters. The third-order valence-electron chi connectivity index (χ3n) is 4.84. The molecular weight excluding hydrogens is 350 g/mol. The van der Waals surface area contributed by atoms with Crippen molar-refractivity contribution in [2.24, 2.45) is 0 Å². The van der Waals surface area contributed by atoms with E-state index in [-0.39, 0.29) is 15.9 Å². The quantitative estimate of drug-likeness (QED) is 0.713. The number of hydrogen-bond acceptors (Lipinski definition) is 7. The van der Waals surface area contributed by atoms with Crippen molar-refractivity contribution in [3.8, 4) is 0 Å². The summed E-state index contributed by atoms with van der Waals surface area (Å²) in [6, 6.07) is 0.387. The first kappa shape index (κ1) is 16.4. The third-order valence-corrected chi connectivity index (χ3v) is 6.50. The minimum Gasteiger partial charge on any atom is -0.389 e. The van der Waals surface area contributed by atoms with Gasteiger partial charge in [-0.15, -0.1) is 11.8 Å². The summed E-state index contributed by atoms with van der Waals surface area (Å²) in [5.74, 6) is 0.640. The van der Waals surface area contributed by atoms with Crippen LogP contribution in [0.25, 0.3) is 11.2 Å². The lowest BCUT2D eigenvalue weighted by Crippen LogP contribution is -2.30. The Morgan fingerprint density at radius 1 is 1.25 bits per heavy atom. The lowest BCUT2D eigenvalue weighted by molar-refractivity contribution is 0.0206. The van der Waals surface area contributed by atoms with Crippen molar-refractivity contribution in [2.75, 3.05) is 5.32 Å². The maximum absolute atomic E-state index is 10.3. The molecule has 3 N–H and O–H groups in total. The molecule has 0 radical (unpaired) electrons. The predicted octanol–water partition coefficient (Wildman–Crippen LogP) is 2.19. The summed E-state index contributed by atoms with van der Waals surface area (Å²) in [5, 5.41) is 23.5. The smallest absolute Gasteiger partial charge is 0.226 e. The van der Waals surface area contributed by atoms with Gasteiger partial charge >= 0.3 is 0 Å². The van der Waals surface area contributed by atoms with Crippen LogP contribution in [0, 0.1) is 0 Å². The van der Waals surface area contributed by atoms with Gasteiger partial charge in [-0.1, -0.05) is 19.8 Å². The monoisotopic (exact) mass is 369 g/mol. The van der Waals surface area contributed by atoms with E-state index in [0.29, 0.717) is 23.0 Å². The Bertz CT molecular complexity index is 751. The van der Waals surface area contributed by atoms with Crippen LogP contribution in [0.2, 0.25) is 5.28 Å². The van der Waals surface area contributed by atoms with Crippen LogP contribution in [0.15, 0.2) is 6.33 Å². The molecule has 0 amide bonds. The van der Waals surface area contributed by atoms with E-state index in [1.807, 2.05) is 6.92 Å². The van der Waals surface area contributed by atoms with Crippen molar-refractivity contribution in [2.45, 2.75) is 61.5 Å². The predicted molar refractivity (Wildman–Crippen MR) is 94.3 cm³/mol. The summed E-state index contributed by atoms with van der Waals surface area (Å²) in [6.07, 6.45) is 4.66. The highest BCUT2D eigenvalue weighted by molar-refractivity contribution is 8.00. The van der Waals surface area contributed by atoms with Crippen molar-refractivity contribution in [1.29, 1.82) is 0 Å². The fourth-order valence-electron chi connectivity index (χ4n) is 3.50. The Morgan fingerprint density at radius 2 is 2.00 bits per heavy atom. The molecular formula is C15H20ClN5O2S. The molecule has 9 heteroatoms. The number of aliphatic hydroxyl groups excluding tert-OH is 2. The summed E-state index contributed by atoms with van der Waals surface area (Å²) >= 11 is 7.61. The van der Waals surface area contributed by atoms with E-state index in [9.17, 15) is 10.2 Å².